The minimum Gasteiger partial charge on any atom is -0.444 e. The second kappa shape index (κ2) is 5.46. The summed E-state index contributed by atoms with van der Waals surface area (Å²) in [5, 5.41) is 0. The van der Waals surface area contributed by atoms with E-state index in [0.717, 1.165) is 0 Å². The molecule has 1 spiro atoms. The number of carbonyl (C=O) groups is 2. The van der Waals surface area contributed by atoms with Gasteiger partial charge in [-0.15, -0.1) is 0 Å². The van der Waals surface area contributed by atoms with E-state index in [1.165, 1.54) is 6.07 Å². The predicted octanol–water partition coefficient (Wildman–Crippen LogP) is 2.83. The fourth-order valence-corrected chi connectivity index (χ4v) is 3.34. The van der Waals surface area contributed by atoms with Crippen LogP contribution in [-0.4, -0.2) is 53.6 Å². The number of benzene rings is 1. The van der Waals surface area contributed by atoms with Crippen molar-refractivity contribution in [2.75, 3.05) is 26.2 Å². The molecule has 0 radical (unpaired) electrons. The van der Waals surface area contributed by atoms with Crippen LogP contribution in [0, 0.1) is 18.2 Å². The van der Waals surface area contributed by atoms with Gasteiger partial charge in [-0.25, -0.2) is 9.18 Å². The van der Waals surface area contributed by atoms with Gasteiger partial charge in [-0.05, 0) is 45.4 Å². The number of hydrogen-bond donors (Lipinski definition) is 0. The lowest BCUT2D eigenvalue weighted by atomic mass is 9.72. The first-order chi connectivity index (χ1) is 11.1. The van der Waals surface area contributed by atoms with Crippen molar-refractivity contribution in [3.63, 3.8) is 0 Å². The molecule has 5 nitrogen and oxygen atoms in total. The van der Waals surface area contributed by atoms with Gasteiger partial charge in [-0.3, -0.25) is 4.79 Å². The summed E-state index contributed by atoms with van der Waals surface area (Å²) >= 11 is 0. The van der Waals surface area contributed by atoms with Gasteiger partial charge in [0, 0.05) is 37.2 Å². The Kier molecular flexibility index (Phi) is 3.81. The molecule has 3 rings (SSSR count). The first-order valence-corrected chi connectivity index (χ1v) is 8.13. The Morgan fingerprint density at radius 3 is 2.29 bits per heavy atom. The zero-order valence-electron chi connectivity index (χ0n) is 14.6. The van der Waals surface area contributed by atoms with Crippen LogP contribution in [-0.2, 0) is 4.74 Å². The van der Waals surface area contributed by atoms with Crippen LogP contribution in [0.5, 0.6) is 0 Å². The molecule has 0 saturated carbocycles. The highest BCUT2D eigenvalue weighted by Crippen LogP contribution is 2.41. The first kappa shape index (κ1) is 16.7. The van der Waals surface area contributed by atoms with E-state index in [1.807, 2.05) is 20.8 Å². The minimum absolute atomic E-state index is 0.0200. The fourth-order valence-electron chi connectivity index (χ4n) is 3.34. The van der Waals surface area contributed by atoms with Crippen molar-refractivity contribution >= 4 is 12.0 Å². The maximum absolute atomic E-state index is 13.6. The Hall–Kier alpha value is -2.11. The van der Waals surface area contributed by atoms with Gasteiger partial charge in [0.05, 0.1) is 0 Å². The Morgan fingerprint density at radius 1 is 1.12 bits per heavy atom. The van der Waals surface area contributed by atoms with E-state index in [9.17, 15) is 14.0 Å². The molecule has 6 heteroatoms. The van der Waals surface area contributed by atoms with Crippen LogP contribution in [0.2, 0.25) is 0 Å². The highest BCUT2D eigenvalue weighted by molar-refractivity contribution is 5.96. The van der Waals surface area contributed by atoms with E-state index in [0.29, 0.717) is 37.3 Å². The normalized spacial score (nSPS) is 18.9. The monoisotopic (exact) mass is 334 g/mol. The van der Waals surface area contributed by atoms with Crippen molar-refractivity contribution in [2.45, 2.75) is 33.3 Å². The molecule has 0 N–H and O–H groups in total. The molecule has 1 aromatic rings. The van der Waals surface area contributed by atoms with Crippen molar-refractivity contribution in [2.24, 2.45) is 5.41 Å². The molecule has 0 atom stereocenters. The first-order valence-electron chi connectivity index (χ1n) is 8.13. The van der Waals surface area contributed by atoms with Crippen LogP contribution in [0.3, 0.4) is 0 Å². The third-order valence-corrected chi connectivity index (χ3v) is 4.54. The van der Waals surface area contributed by atoms with Gasteiger partial charge in [0.1, 0.15) is 11.4 Å². The molecule has 130 valence electrons. The van der Waals surface area contributed by atoms with E-state index >= 15 is 0 Å². The van der Waals surface area contributed by atoms with Gasteiger partial charge in [0.25, 0.3) is 5.91 Å². The molecule has 2 heterocycles. The van der Waals surface area contributed by atoms with Crippen LogP contribution in [0.15, 0.2) is 18.2 Å². The maximum Gasteiger partial charge on any atom is 0.410 e. The molecule has 2 aliphatic heterocycles. The number of likely N-dealkylation sites (tertiary alicyclic amines) is 2. The van der Waals surface area contributed by atoms with Gasteiger partial charge < -0.3 is 14.5 Å². The van der Waals surface area contributed by atoms with Crippen LogP contribution >= 0.6 is 0 Å². The average Bonchev–Trinajstić information content (AvgIpc) is 2.36. The number of ether oxygens (including phenoxy) is 1. The lowest BCUT2D eigenvalue weighted by Gasteiger charge is -2.59. The van der Waals surface area contributed by atoms with E-state index in [-0.39, 0.29) is 23.2 Å². The second-order valence-electron chi connectivity index (χ2n) is 7.91. The molecule has 1 aromatic carbocycles. The lowest BCUT2D eigenvalue weighted by Crippen LogP contribution is -2.73. The lowest BCUT2D eigenvalue weighted by molar-refractivity contribution is -0.0980. The molecular weight excluding hydrogens is 311 g/mol. The van der Waals surface area contributed by atoms with Gasteiger partial charge in [-0.2, -0.15) is 0 Å². The number of carbonyl (C=O) groups excluding carboxylic acids is 2. The van der Waals surface area contributed by atoms with Crippen molar-refractivity contribution < 1.29 is 18.7 Å². The number of halogens is 1. The Balaban J connectivity index is 1.54. The molecule has 0 unspecified atom stereocenters. The van der Waals surface area contributed by atoms with Crippen molar-refractivity contribution in [1.82, 2.24) is 9.80 Å². The smallest absolute Gasteiger partial charge is 0.410 e. The second-order valence-corrected chi connectivity index (χ2v) is 7.91. The molecule has 2 fully saturated rings. The summed E-state index contributed by atoms with van der Waals surface area (Å²) in [6.07, 6.45) is -0.307. The Bertz CT molecular complexity index is 682. The third kappa shape index (κ3) is 2.97. The maximum atomic E-state index is 13.6. The van der Waals surface area contributed by atoms with Gasteiger partial charge in [-0.1, -0.05) is 6.07 Å². The molecule has 24 heavy (non-hydrogen) atoms. The quantitative estimate of drug-likeness (QED) is 0.793. The zero-order valence-corrected chi connectivity index (χ0v) is 14.6. The minimum atomic E-state index is -0.504. The molecule has 2 saturated heterocycles. The SMILES string of the molecule is Cc1c(F)cccc1C(=O)N1CC2(CN(C(=O)OC(C)(C)C)C2)C1. The summed E-state index contributed by atoms with van der Waals surface area (Å²) in [6.45, 7) is 9.54. The predicted molar refractivity (Wildman–Crippen MR) is 87.3 cm³/mol. The fraction of sp³-hybridized carbons (Fsp3) is 0.556. The van der Waals surface area contributed by atoms with Gasteiger partial charge >= 0.3 is 6.09 Å². The number of hydrogen-bond acceptors (Lipinski definition) is 3. The average molecular weight is 334 g/mol. The van der Waals surface area contributed by atoms with Crippen LogP contribution in [0.4, 0.5) is 9.18 Å². The van der Waals surface area contributed by atoms with Gasteiger partial charge in [0.2, 0.25) is 0 Å². The molecule has 0 bridgehead atoms. The zero-order chi connectivity index (χ0) is 17.7. The van der Waals surface area contributed by atoms with Crippen LogP contribution in [0.25, 0.3) is 0 Å². The largest absolute Gasteiger partial charge is 0.444 e. The summed E-state index contributed by atoms with van der Waals surface area (Å²) < 4.78 is 18.9. The highest BCUT2D eigenvalue weighted by Gasteiger charge is 2.55. The highest BCUT2D eigenvalue weighted by atomic mass is 19.1. The van der Waals surface area contributed by atoms with Crippen molar-refractivity contribution in [1.29, 1.82) is 0 Å². The van der Waals surface area contributed by atoms with Crippen LogP contribution in [0.1, 0.15) is 36.7 Å². The molecule has 0 aliphatic carbocycles. The topological polar surface area (TPSA) is 49.9 Å². The number of amides is 2. The molecule has 2 aliphatic rings. The van der Waals surface area contributed by atoms with E-state index in [4.69, 9.17) is 4.74 Å². The number of nitrogens with zero attached hydrogens (tertiary/aromatic N) is 2. The van der Waals surface area contributed by atoms with E-state index in [1.54, 1.807) is 28.9 Å². The van der Waals surface area contributed by atoms with Crippen molar-refractivity contribution in [3.05, 3.63) is 35.1 Å². The standard InChI is InChI=1S/C18H23FN2O3/c1-12-13(6-5-7-14(12)19)15(22)20-8-18(9-20)10-21(11-18)16(23)24-17(2,3)4/h5-7H,8-11H2,1-4H3. The number of rotatable bonds is 1. The van der Waals surface area contributed by atoms with Gasteiger partial charge in [0.15, 0.2) is 0 Å². The molecule has 0 aromatic heterocycles. The van der Waals surface area contributed by atoms with Crippen molar-refractivity contribution in [3.8, 4) is 0 Å². The Labute approximate surface area is 141 Å². The summed E-state index contributed by atoms with van der Waals surface area (Å²) in [7, 11) is 0. The summed E-state index contributed by atoms with van der Waals surface area (Å²) in [4.78, 5) is 27.8. The molecular formula is C18H23FN2O3. The summed E-state index contributed by atoms with van der Waals surface area (Å²) in [5.41, 5.74) is 0.269. The molecule has 2 amide bonds. The van der Waals surface area contributed by atoms with E-state index < -0.39 is 5.60 Å². The summed E-state index contributed by atoms with van der Waals surface area (Å²) in [6, 6.07) is 4.56. The Morgan fingerprint density at radius 2 is 1.71 bits per heavy atom. The third-order valence-electron chi connectivity index (χ3n) is 4.54. The van der Waals surface area contributed by atoms with E-state index in [2.05, 4.69) is 0 Å². The van der Waals surface area contributed by atoms with Crippen LogP contribution < -0.4 is 0 Å². The summed E-state index contributed by atoms with van der Waals surface area (Å²) in [5.74, 6) is -0.510.